The average molecular weight is 325 g/mol. The first kappa shape index (κ1) is 15.6. The lowest BCUT2D eigenvalue weighted by atomic mass is 10.2. The smallest absolute Gasteiger partial charge is 0.307 e. The quantitative estimate of drug-likeness (QED) is 0.882. The van der Waals surface area contributed by atoms with E-state index in [0.29, 0.717) is 5.25 Å². The molecule has 2 amide bonds. The number of carbonyl (C=O) groups excluding carboxylic acids is 1. The predicted octanol–water partition coefficient (Wildman–Crippen LogP) is 4.52. The van der Waals surface area contributed by atoms with E-state index in [9.17, 15) is 4.79 Å². The third-order valence-electron chi connectivity index (χ3n) is 3.57. The van der Waals surface area contributed by atoms with Gasteiger partial charge in [-0.2, -0.15) is 0 Å². The van der Waals surface area contributed by atoms with Crippen LogP contribution < -0.4 is 10.2 Å². The minimum absolute atomic E-state index is 0.189. The standard InChI is InChI=1S/C18H19N3OS/c1-13-8-6-7-11-16(13)21(18-19-12-14(2)23-18)17(22)20-15-9-4-3-5-10-15/h3-11,14H,12H2,1-2H3,(H,20,22)/t14-/m0/s1. The van der Waals surface area contributed by atoms with Gasteiger partial charge in [-0.25, -0.2) is 9.69 Å². The van der Waals surface area contributed by atoms with Crippen molar-refractivity contribution in [3.05, 3.63) is 60.2 Å². The van der Waals surface area contributed by atoms with Crippen molar-refractivity contribution in [1.82, 2.24) is 0 Å². The van der Waals surface area contributed by atoms with Gasteiger partial charge in [0.1, 0.15) is 0 Å². The lowest BCUT2D eigenvalue weighted by Crippen LogP contribution is -2.38. The zero-order chi connectivity index (χ0) is 16.2. The zero-order valence-electron chi connectivity index (χ0n) is 13.2. The van der Waals surface area contributed by atoms with Crippen LogP contribution in [-0.4, -0.2) is 23.0 Å². The van der Waals surface area contributed by atoms with E-state index in [1.807, 2.05) is 61.5 Å². The molecule has 1 aliphatic rings. The summed E-state index contributed by atoms with van der Waals surface area (Å²) in [4.78, 5) is 19.1. The van der Waals surface area contributed by atoms with Crippen molar-refractivity contribution in [1.29, 1.82) is 0 Å². The van der Waals surface area contributed by atoms with Gasteiger partial charge in [-0.3, -0.25) is 4.99 Å². The number of amidine groups is 1. The lowest BCUT2D eigenvalue weighted by Gasteiger charge is -2.24. The Kier molecular flexibility index (Phi) is 4.67. The SMILES string of the molecule is Cc1ccccc1N(C(=O)Nc1ccccc1)C1=NC[C@H](C)S1. The minimum atomic E-state index is -0.189. The first-order valence-electron chi connectivity index (χ1n) is 7.58. The second kappa shape index (κ2) is 6.87. The molecule has 0 aliphatic carbocycles. The summed E-state index contributed by atoms with van der Waals surface area (Å²) in [6.45, 7) is 4.86. The second-order valence-electron chi connectivity index (χ2n) is 5.47. The number of hydrogen-bond donors (Lipinski definition) is 1. The van der Waals surface area contributed by atoms with E-state index in [-0.39, 0.29) is 6.03 Å². The number of thioether (sulfide) groups is 1. The highest BCUT2D eigenvalue weighted by Crippen LogP contribution is 2.29. The number of hydrogen-bond acceptors (Lipinski definition) is 3. The van der Waals surface area contributed by atoms with E-state index < -0.39 is 0 Å². The van der Waals surface area contributed by atoms with Crippen LogP contribution in [0, 0.1) is 6.92 Å². The van der Waals surface area contributed by atoms with Crippen LogP contribution in [0.1, 0.15) is 12.5 Å². The second-order valence-corrected chi connectivity index (χ2v) is 6.88. The molecule has 0 aromatic heterocycles. The number of anilines is 2. The number of carbonyl (C=O) groups is 1. The highest BCUT2D eigenvalue weighted by Gasteiger charge is 2.28. The first-order chi connectivity index (χ1) is 11.1. The van der Waals surface area contributed by atoms with Crippen molar-refractivity contribution in [2.24, 2.45) is 4.99 Å². The van der Waals surface area contributed by atoms with Crippen molar-refractivity contribution in [2.75, 3.05) is 16.8 Å². The monoisotopic (exact) mass is 325 g/mol. The Morgan fingerprint density at radius 3 is 2.52 bits per heavy atom. The van der Waals surface area contributed by atoms with Crippen molar-refractivity contribution >= 4 is 34.3 Å². The van der Waals surface area contributed by atoms with Crippen LogP contribution in [0.4, 0.5) is 16.2 Å². The number of nitrogens with zero attached hydrogens (tertiary/aromatic N) is 2. The lowest BCUT2D eigenvalue weighted by molar-refractivity contribution is 0.259. The summed E-state index contributed by atoms with van der Waals surface area (Å²) in [6, 6.07) is 17.1. The molecule has 2 aromatic rings. The highest BCUT2D eigenvalue weighted by atomic mass is 32.2. The number of nitrogens with one attached hydrogen (secondary N) is 1. The van der Waals surface area contributed by atoms with Gasteiger partial charge in [0, 0.05) is 10.9 Å². The van der Waals surface area contributed by atoms with Gasteiger partial charge in [0.05, 0.1) is 12.2 Å². The molecule has 118 valence electrons. The topological polar surface area (TPSA) is 44.7 Å². The Bertz CT molecular complexity index is 730. The van der Waals surface area contributed by atoms with E-state index in [1.54, 1.807) is 16.7 Å². The fourth-order valence-electron chi connectivity index (χ4n) is 2.40. The number of rotatable bonds is 2. The molecular formula is C18H19N3OS. The summed E-state index contributed by atoms with van der Waals surface area (Å²) in [7, 11) is 0. The van der Waals surface area contributed by atoms with Crippen molar-refractivity contribution < 1.29 is 4.79 Å². The van der Waals surface area contributed by atoms with Crippen molar-refractivity contribution in [2.45, 2.75) is 19.1 Å². The van der Waals surface area contributed by atoms with Crippen LogP contribution in [0.5, 0.6) is 0 Å². The Hall–Kier alpha value is -2.27. The van der Waals surface area contributed by atoms with Gasteiger partial charge >= 0.3 is 6.03 Å². The molecule has 0 unspecified atom stereocenters. The summed E-state index contributed by atoms with van der Waals surface area (Å²) in [5.41, 5.74) is 2.67. The van der Waals surface area contributed by atoms with Crippen LogP contribution in [0.2, 0.25) is 0 Å². The minimum Gasteiger partial charge on any atom is -0.307 e. The molecule has 2 aromatic carbocycles. The fraction of sp³-hybridized carbons (Fsp3) is 0.222. The molecule has 1 N–H and O–H groups in total. The van der Waals surface area contributed by atoms with Gasteiger partial charge in [-0.05, 0) is 30.7 Å². The molecule has 23 heavy (non-hydrogen) atoms. The number of para-hydroxylation sites is 2. The largest absolute Gasteiger partial charge is 0.332 e. The molecule has 0 bridgehead atoms. The number of amides is 2. The maximum atomic E-state index is 12.9. The van der Waals surface area contributed by atoms with E-state index in [1.165, 1.54) is 0 Å². The molecule has 0 radical (unpaired) electrons. The first-order valence-corrected chi connectivity index (χ1v) is 8.46. The van der Waals surface area contributed by atoms with E-state index in [2.05, 4.69) is 17.2 Å². The Morgan fingerprint density at radius 2 is 1.87 bits per heavy atom. The maximum absolute atomic E-state index is 12.9. The summed E-state index contributed by atoms with van der Waals surface area (Å²) in [5.74, 6) is 0. The number of benzene rings is 2. The Morgan fingerprint density at radius 1 is 1.17 bits per heavy atom. The molecule has 0 saturated carbocycles. The molecule has 1 heterocycles. The van der Waals surface area contributed by atoms with Crippen LogP contribution >= 0.6 is 11.8 Å². The van der Waals surface area contributed by atoms with Gasteiger partial charge in [0.2, 0.25) is 0 Å². The van der Waals surface area contributed by atoms with Crippen LogP contribution in [0.3, 0.4) is 0 Å². The molecule has 1 atom stereocenters. The average Bonchev–Trinajstić information content (AvgIpc) is 2.96. The van der Waals surface area contributed by atoms with Gasteiger partial charge in [0.25, 0.3) is 0 Å². The van der Waals surface area contributed by atoms with Crippen molar-refractivity contribution in [3.63, 3.8) is 0 Å². The Labute approximate surface area is 140 Å². The van der Waals surface area contributed by atoms with E-state index >= 15 is 0 Å². The number of aryl methyl sites for hydroxylation is 1. The van der Waals surface area contributed by atoms with Crippen LogP contribution in [0.25, 0.3) is 0 Å². The molecule has 1 aliphatic heterocycles. The Balaban J connectivity index is 1.92. The van der Waals surface area contributed by atoms with Crippen molar-refractivity contribution in [3.8, 4) is 0 Å². The van der Waals surface area contributed by atoms with Gasteiger partial charge < -0.3 is 5.32 Å². The summed E-state index contributed by atoms with van der Waals surface area (Å²) in [5, 5.41) is 4.09. The molecule has 0 spiro atoms. The summed E-state index contributed by atoms with van der Waals surface area (Å²) >= 11 is 1.63. The number of aliphatic imine (C=N–C) groups is 1. The summed E-state index contributed by atoms with van der Waals surface area (Å²) < 4.78 is 0. The van der Waals surface area contributed by atoms with E-state index in [4.69, 9.17) is 0 Å². The molecule has 3 rings (SSSR count). The van der Waals surface area contributed by atoms with Crippen LogP contribution in [-0.2, 0) is 0 Å². The third kappa shape index (κ3) is 3.56. The highest BCUT2D eigenvalue weighted by molar-refractivity contribution is 8.15. The van der Waals surface area contributed by atoms with Gasteiger partial charge in [0.15, 0.2) is 5.17 Å². The maximum Gasteiger partial charge on any atom is 0.332 e. The molecule has 5 heteroatoms. The van der Waals surface area contributed by atoms with E-state index in [0.717, 1.165) is 28.7 Å². The molecular weight excluding hydrogens is 306 g/mol. The third-order valence-corrected chi connectivity index (χ3v) is 4.64. The van der Waals surface area contributed by atoms with Gasteiger partial charge in [-0.1, -0.05) is 55.1 Å². The molecule has 0 saturated heterocycles. The molecule has 4 nitrogen and oxygen atoms in total. The predicted molar refractivity (Wildman–Crippen MR) is 98.5 cm³/mol. The van der Waals surface area contributed by atoms with Crippen LogP contribution in [0.15, 0.2) is 59.6 Å². The zero-order valence-corrected chi connectivity index (χ0v) is 14.0. The molecule has 0 fully saturated rings. The normalized spacial score (nSPS) is 16.8. The number of urea groups is 1. The fourth-order valence-corrected chi connectivity index (χ4v) is 3.34. The summed E-state index contributed by atoms with van der Waals surface area (Å²) in [6.07, 6.45) is 0. The van der Waals surface area contributed by atoms with Gasteiger partial charge in [-0.15, -0.1) is 0 Å².